The smallest absolute Gasteiger partial charge is 0.241 e. The molecule has 1 aromatic heterocycles. The van der Waals surface area contributed by atoms with Gasteiger partial charge in [0, 0.05) is 27.3 Å². The molecule has 7 nitrogen and oxygen atoms in total. The summed E-state index contributed by atoms with van der Waals surface area (Å²) in [5.41, 5.74) is 0.816. The Kier molecular flexibility index (Phi) is 4.90. The Bertz CT molecular complexity index is 634. The van der Waals surface area contributed by atoms with E-state index < -0.39 is 0 Å². The number of hydrogen-bond acceptors (Lipinski definition) is 7. The average molecular weight is 319 g/mol. The maximum absolute atomic E-state index is 5.44. The van der Waals surface area contributed by atoms with E-state index in [0.717, 1.165) is 24.4 Å². The van der Waals surface area contributed by atoms with Crippen LogP contribution in [0.3, 0.4) is 0 Å². The molecule has 0 radical (unpaired) electrons. The van der Waals surface area contributed by atoms with Gasteiger partial charge in [-0.1, -0.05) is 17.3 Å². The standard InChI is InChI=1S/C16H21N3O4/c1-20-12-7-5-4-6-11(12)16-17-15(23-18-16)10-19-8-13(21-2)14(9-19)22-3/h4-7,13-14H,8-10H2,1-3H3/t13-,14+. The van der Waals surface area contributed by atoms with E-state index in [0.29, 0.717) is 18.3 Å². The van der Waals surface area contributed by atoms with Gasteiger partial charge >= 0.3 is 0 Å². The third-order valence-electron chi connectivity index (χ3n) is 4.07. The molecule has 1 fully saturated rings. The number of ether oxygens (including phenoxy) is 3. The minimum absolute atomic E-state index is 0.0663. The first-order valence-electron chi connectivity index (χ1n) is 7.49. The molecule has 0 spiro atoms. The van der Waals surface area contributed by atoms with Gasteiger partial charge in [0.15, 0.2) is 0 Å². The second-order valence-electron chi connectivity index (χ2n) is 5.45. The lowest BCUT2D eigenvalue weighted by atomic mass is 10.2. The highest BCUT2D eigenvalue weighted by Gasteiger charge is 2.33. The molecule has 0 aliphatic carbocycles. The van der Waals surface area contributed by atoms with Crippen LogP contribution in [0.1, 0.15) is 5.89 Å². The lowest BCUT2D eigenvalue weighted by Gasteiger charge is -2.13. The molecule has 0 saturated carbocycles. The normalized spacial score (nSPS) is 21.7. The van der Waals surface area contributed by atoms with Crippen molar-refractivity contribution in [1.82, 2.24) is 15.0 Å². The molecule has 0 amide bonds. The van der Waals surface area contributed by atoms with Crippen LogP contribution in [0, 0.1) is 0 Å². The second kappa shape index (κ2) is 7.08. The van der Waals surface area contributed by atoms with Crippen LogP contribution < -0.4 is 4.74 Å². The van der Waals surface area contributed by atoms with Crippen molar-refractivity contribution in [2.24, 2.45) is 0 Å². The molecule has 7 heteroatoms. The molecule has 0 N–H and O–H groups in total. The van der Waals surface area contributed by atoms with Crippen molar-refractivity contribution in [2.45, 2.75) is 18.8 Å². The Balaban J connectivity index is 1.71. The number of aromatic nitrogens is 2. The van der Waals surface area contributed by atoms with E-state index in [2.05, 4.69) is 15.0 Å². The van der Waals surface area contributed by atoms with Crippen molar-refractivity contribution in [3.05, 3.63) is 30.2 Å². The lowest BCUT2D eigenvalue weighted by molar-refractivity contribution is -0.00461. The van der Waals surface area contributed by atoms with E-state index in [4.69, 9.17) is 18.7 Å². The maximum atomic E-state index is 5.44. The van der Waals surface area contributed by atoms with Gasteiger partial charge in [-0.3, -0.25) is 4.90 Å². The second-order valence-corrected chi connectivity index (χ2v) is 5.45. The molecule has 1 saturated heterocycles. The Labute approximate surface area is 135 Å². The summed E-state index contributed by atoms with van der Waals surface area (Å²) in [5, 5.41) is 4.06. The molecule has 1 aliphatic rings. The van der Waals surface area contributed by atoms with Crippen molar-refractivity contribution in [3.63, 3.8) is 0 Å². The summed E-state index contributed by atoms with van der Waals surface area (Å²) in [6.07, 6.45) is 0.133. The van der Waals surface area contributed by atoms with Crippen molar-refractivity contribution >= 4 is 0 Å². The van der Waals surface area contributed by atoms with Crippen LogP contribution in [-0.2, 0) is 16.0 Å². The largest absolute Gasteiger partial charge is 0.496 e. The molecule has 124 valence electrons. The molecule has 0 unspecified atom stereocenters. The van der Waals surface area contributed by atoms with Gasteiger partial charge in [-0.25, -0.2) is 0 Å². The highest BCUT2D eigenvalue weighted by Crippen LogP contribution is 2.27. The molecular formula is C16H21N3O4. The SMILES string of the molecule is COc1ccccc1-c1noc(CN2C[C@H](OC)[C@H](OC)C2)n1. The Morgan fingerprint density at radius 3 is 2.48 bits per heavy atom. The number of rotatable bonds is 6. The van der Waals surface area contributed by atoms with Crippen molar-refractivity contribution in [3.8, 4) is 17.1 Å². The summed E-state index contributed by atoms with van der Waals surface area (Å²) in [6, 6.07) is 7.60. The molecule has 0 bridgehead atoms. The van der Waals surface area contributed by atoms with Crippen molar-refractivity contribution < 1.29 is 18.7 Å². The fourth-order valence-electron chi connectivity index (χ4n) is 2.85. The molecule has 2 atom stereocenters. The van der Waals surface area contributed by atoms with Gasteiger partial charge in [0.2, 0.25) is 11.7 Å². The molecule has 23 heavy (non-hydrogen) atoms. The number of methoxy groups -OCH3 is 3. The lowest BCUT2D eigenvalue weighted by Crippen LogP contribution is -2.27. The minimum Gasteiger partial charge on any atom is -0.496 e. The van der Waals surface area contributed by atoms with E-state index in [1.54, 1.807) is 21.3 Å². The highest BCUT2D eigenvalue weighted by atomic mass is 16.5. The van der Waals surface area contributed by atoms with E-state index in [1.165, 1.54) is 0 Å². The third-order valence-corrected chi connectivity index (χ3v) is 4.07. The Hall–Kier alpha value is -1.96. The van der Waals surface area contributed by atoms with E-state index in [1.807, 2.05) is 24.3 Å². The molecule has 1 aliphatic heterocycles. The molecule has 2 aromatic rings. The van der Waals surface area contributed by atoms with E-state index >= 15 is 0 Å². The predicted octanol–water partition coefficient (Wildman–Crippen LogP) is 1.59. The number of benzene rings is 1. The van der Waals surface area contributed by atoms with Gasteiger partial charge in [0.05, 0.1) is 31.4 Å². The molecule has 2 heterocycles. The van der Waals surface area contributed by atoms with E-state index in [-0.39, 0.29) is 12.2 Å². The summed E-state index contributed by atoms with van der Waals surface area (Å²) >= 11 is 0. The van der Waals surface area contributed by atoms with Gasteiger partial charge in [0.1, 0.15) is 5.75 Å². The first-order valence-corrected chi connectivity index (χ1v) is 7.49. The summed E-state index contributed by atoms with van der Waals surface area (Å²) in [7, 11) is 5.03. The zero-order chi connectivity index (χ0) is 16.2. The maximum Gasteiger partial charge on any atom is 0.241 e. The number of para-hydroxylation sites is 1. The monoisotopic (exact) mass is 319 g/mol. The third kappa shape index (κ3) is 3.36. The molecule has 1 aromatic carbocycles. The van der Waals surface area contributed by atoms with Crippen molar-refractivity contribution in [1.29, 1.82) is 0 Å². The summed E-state index contributed by atoms with van der Waals surface area (Å²) in [5.74, 6) is 1.82. The fourth-order valence-corrected chi connectivity index (χ4v) is 2.85. The molecular weight excluding hydrogens is 298 g/mol. The number of hydrogen-bond donors (Lipinski definition) is 0. The average Bonchev–Trinajstić information content (AvgIpc) is 3.21. The Morgan fingerprint density at radius 1 is 1.13 bits per heavy atom. The Morgan fingerprint density at radius 2 is 1.83 bits per heavy atom. The quantitative estimate of drug-likeness (QED) is 0.801. The summed E-state index contributed by atoms with van der Waals surface area (Å²) < 4.78 is 21.6. The van der Waals surface area contributed by atoms with Gasteiger partial charge in [-0.05, 0) is 12.1 Å². The van der Waals surface area contributed by atoms with Gasteiger partial charge < -0.3 is 18.7 Å². The number of likely N-dealkylation sites (tertiary alicyclic amines) is 1. The van der Waals surface area contributed by atoms with Crippen molar-refractivity contribution in [2.75, 3.05) is 34.4 Å². The minimum atomic E-state index is 0.0663. The molecule has 3 rings (SSSR count). The fraction of sp³-hybridized carbons (Fsp3) is 0.500. The predicted molar refractivity (Wildman–Crippen MR) is 83.2 cm³/mol. The van der Waals surface area contributed by atoms with Crippen LogP contribution in [0.4, 0.5) is 0 Å². The first kappa shape index (κ1) is 15.9. The summed E-state index contributed by atoms with van der Waals surface area (Å²) in [6.45, 7) is 2.13. The van der Waals surface area contributed by atoms with Crippen LogP contribution in [0.2, 0.25) is 0 Å². The van der Waals surface area contributed by atoms with Crippen LogP contribution in [-0.4, -0.2) is 61.7 Å². The van der Waals surface area contributed by atoms with Crippen LogP contribution in [0.5, 0.6) is 5.75 Å². The number of nitrogens with zero attached hydrogens (tertiary/aromatic N) is 3. The zero-order valence-corrected chi connectivity index (χ0v) is 13.6. The van der Waals surface area contributed by atoms with Crippen LogP contribution in [0.25, 0.3) is 11.4 Å². The van der Waals surface area contributed by atoms with Crippen LogP contribution >= 0.6 is 0 Å². The van der Waals surface area contributed by atoms with Gasteiger partial charge in [-0.15, -0.1) is 0 Å². The topological polar surface area (TPSA) is 69.9 Å². The first-order chi connectivity index (χ1) is 11.2. The van der Waals surface area contributed by atoms with E-state index in [9.17, 15) is 0 Å². The van der Waals surface area contributed by atoms with Crippen LogP contribution in [0.15, 0.2) is 28.8 Å². The van der Waals surface area contributed by atoms with Gasteiger partial charge in [0.25, 0.3) is 0 Å². The zero-order valence-electron chi connectivity index (χ0n) is 13.6. The summed E-state index contributed by atoms with van der Waals surface area (Å²) in [4.78, 5) is 6.66. The highest BCUT2D eigenvalue weighted by molar-refractivity contribution is 5.63. The van der Waals surface area contributed by atoms with Gasteiger partial charge in [-0.2, -0.15) is 4.98 Å².